The molecule has 0 aromatic heterocycles. The maximum absolute atomic E-state index is 12.3. The van der Waals surface area contributed by atoms with Crippen LogP contribution in [0.4, 0.5) is 11.4 Å². The summed E-state index contributed by atoms with van der Waals surface area (Å²) in [6, 6.07) is 7.75. The predicted molar refractivity (Wildman–Crippen MR) is 101 cm³/mol. The maximum atomic E-state index is 12.3. The van der Waals surface area contributed by atoms with Crippen molar-refractivity contribution in [1.29, 1.82) is 0 Å². The number of nitrogens with one attached hydrogen (secondary N) is 1. The van der Waals surface area contributed by atoms with Gasteiger partial charge in [0.15, 0.2) is 6.79 Å². The van der Waals surface area contributed by atoms with E-state index in [-0.39, 0.29) is 19.1 Å². The predicted octanol–water partition coefficient (Wildman–Crippen LogP) is 3.13. The molecule has 0 bridgehead atoms. The van der Waals surface area contributed by atoms with Crippen molar-refractivity contribution in [3.05, 3.63) is 57.6 Å². The van der Waals surface area contributed by atoms with E-state index in [9.17, 15) is 14.9 Å². The summed E-state index contributed by atoms with van der Waals surface area (Å²) < 4.78 is 21.0. The van der Waals surface area contributed by atoms with Crippen LogP contribution in [0.1, 0.15) is 11.1 Å². The van der Waals surface area contributed by atoms with Crippen molar-refractivity contribution in [3.8, 4) is 17.2 Å². The Balaban J connectivity index is 1.85. The first-order chi connectivity index (χ1) is 13.5. The molecule has 1 amide bonds. The second-order valence-electron chi connectivity index (χ2n) is 5.78. The van der Waals surface area contributed by atoms with Crippen molar-refractivity contribution in [2.45, 2.75) is 6.61 Å². The smallest absolute Gasteiger partial charge is 0.270 e. The Labute approximate surface area is 160 Å². The fourth-order valence-electron chi connectivity index (χ4n) is 2.71. The number of amides is 1. The third kappa shape index (κ3) is 4.21. The Morgan fingerprint density at radius 2 is 2.07 bits per heavy atom. The molecule has 1 N–H and O–H groups in total. The Hall–Kier alpha value is -3.59. The molecule has 9 nitrogen and oxygen atoms in total. The van der Waals surface area contributed by atoms with Gasteiger partial charge in [-0.15, -0.1) is 0 Å². The lowest BCUT2D eigenvalue weighted by Gasteiger charge is -2.19. The summed E-state index contributed by atoms with van der Waals surface area (Å²) >= 11 is 0. The van der Waals surface area contributed by atoms with Crippen LogP contribution in [-0.4, -0.2) is 31.8 Å². The first-order valence-corrected chi connectivity index (χ1v) is 8.24. The van der Waals surface area contributed by atoms with E-state index in [2.05, 4.69) is 5.32 Å². The summed E-state index contributed by atoms with van der Waals surface area (Å²) in [7, 11) is 3.00. The zero-order valence-electron chi connectivity index (χ0n) is 15.3. The SMILES string of the molecule is COc1ccc(OC)c(NC(=O)/C=C/c2cc([N+](=O)[O-])cc3c2OCOC3)c1. The van der Waals surface area contributed by atoms with Crippen molar-refractivity contribution in [2.75, 3.05) is 26.3 Å². The van der Waals surface area contributed by atoms with Crippen LogP contribution in [0.15, 0.2) is 36.4 Å². The first-order valence-electron chi connectivity index (χ1n) is 8.24. The van der Waals surface area contributed by atoms with Gasteiger partial charge in [-0.2, -0.15) is 0 Å². The number of benzene rings is 2. The summed E-state index contributed by atoms with van der Waals surface area (Å²) in [4.78, 5) is 23.0. The number of rotatable bonds is 6. The van der Waals surface area contributed by atoms with Crippen LogP contribution >= 0.6 is 0 Å². The Bertz CT molecular complexity index is 940. The standard InChI is InChI=1S/C19H18N2O7/c1-25-15-4-5-17(26-2)16(9-15)20-18(22)6-3-12-7-14(21(23)24)8-13-10-27-11-28-19(12)13/h3-9H,10-11H2,1-2H3,(H,20,22)/b6-3+. The molecule has 2 aromatic rings. The molecule has 1 aliphatic heterocycles. The number of non-ortho nitro benzene ring substituents is 1. The van der Waals surface area contributed by atoms with Gasteiger partial charge in [0.2, 0.25) is 5.91 Å². The van der Waals surface area contributed by atoms with Crippen LogP contribution in [0, 0.1) is 10.1 Å². The minimum atomic E-state index is -0.507. The molecule has 0 saturated heterocycles. The highest BCUT2D eigenvalue weighted by atomic mass is 16.7. The van der Waals surface area contributed by atoms with Gasteiger partial charge in [-0.25, -0.2) is 0 Å². The molecule has 1 aliphatic rings. The highest BCUT2D eigenvalue weighted by Gasteiger charge is 2.20. The van der Waals surface area contributed by atoms with Gasteiger partial charge in [-0.1, -0.05) is 0 Å². The highest BCUT2D eigenvalue weighted by molar-refractivity contribution is 6.03. The maximum Gasteiger partial charge on any atom is 0.270 e. The fraction of sp³-hybridized carbons (Fsp3) is 0.211. The van der Waals surface area contributed by atoms with Crippen LogP contribution in [-0.2, 0) is 16.1 Å². The van der Waals surface area contributed by atoms with Crippen LogP contribution in [0.2, 0.25) is 0 Å². The van der Waals surface area contributed by atoms with E-state index in [1.54, 1.807) is 18.2 Å². The summed E-state index contributed by atoms with van der Waals surface area (Å²) in [5, 5.41) is 13.8. The number of methoxy groups -OCH3 is 2. The number of nitrogens with zero attached hydrogens (tertiary/aromatic N) is 1. The number of hydrogen-bond acceptors (Lipinski definition) is 7. The van der Waals surface area contributed by atoms with Crippen LogP contribution in [0.3, 0.4) is 0 Å². The summed E-state index contributed by atoms with van der Waals surface area (Å²) in [5.41, 5.74) is 1.29. The van der Waals surface area contributed by atoms with Crippen molar-refractivity contribution < 1.29 is 28.7 Å². The van der Waals surface area contributed by atoms with Crippen LogP contribution in [0.25, 0.3) is 6.08 Å². The van der Waals surface area contributed by atoms with Gasteiger partial charge in [0.1, 0.15) is 17.2 Å². The Morgan fingerprint density at radius 1 is 1.25 bits per heavy atom. The largest absolute Gasteiger partial charge is 0.497 e. The van der Waals surface area contributed by atoms with Crippen molar-refractivity contribution >= 4 is 23.4 Å². The molecule has 0 saturated carbocycles. The van der Waals surface area contributed by atoms with Crippen LogP contribution < -0.4 is 19.5 Å². The normalized spacial score (nSPS) is 12.8. The van der Waals surface area contributed by atoms with Crippen molar-refractivity contribution in [3.63, 3.8) is 0 Å². The number of carbonyl (C=O) groups excluding carboxylic acids is 1. The second kappa shape index (κ2) is 8.40. The number of ether oxygens (including phenoxy) is 4. The molecular formula is C19H18N2O7. The zero-order chi connectivity index (χ0) is 20.1. The molecule has 3 rings (SSSR count). The molecule has 0 aliphatic carbocycles. The molecule has 0 atom stereocenters. The van der Waals surface area contributed by atoms with E-state index >= 15 is 0 Å². The van der Waals surface area contributed by atoms with Gasteiger partial charge in [-0.05, 0) is 18.2 Å². The first kappa shape index (κ1) is 19.2. The molecule has 0 spiro atoms. The number of anilines is 1. The average Bonchev–Trinajstić information content (AvgIpc) is 2.71. The number of fused-ring (bicyclic) bond motifs is 1. The van der Waals surface area contributed by atoms with E-state index in [4.69, 9.17) is 18.9 Å². The summed E-state index contributed by atoms with van der Waals surface area (Å²) in [6.07, 6.45) is 2.72. The van der Waals surface area contributed by atoms with E-state index in [1.165, 1.54) is 38.5 Å². The second-order valence-corrected chi connectivity index (χ2v) is 5.78. The van der Waals surface area contributed by atoms with Gasteiger partial charge in [0.25, 0.3) is 5.69 Å². The molecule has 0 radical (unpaired) electrons. The highest BCUT2D eigenvalue weighted by Crippen LogP contribution is 2.33. The number of nitro groups is 1. The minimum Gasteiger partial charge on any atom is -0.497 e. The number of nitro benzene ring substituents is 1. The summed E-state index contributed by atoms with van der Waals surface area (Å²) in [6.45, 7) is 0.240. The molecule has 146 valence electrons. The lowest BCUT2D eigenvalue weighted by molar-refractivity contribution is -0.385. The summed E-state index contributed by atoms with van der Waals surface area (Å²) in [5.74, 6) is 1.04. The van der Waals surface area contributed by atoms with Crippen LogP contribution in [0.5, 0.6) is 17.2 Å². The number of carbonyl (C=O) groups is 1. The van der Waals surface area contributed by atoms with Crippen molar-refractivity contribution in [2.24, 2.45) is 0 Å². The van der Waals surface area contributed by atoms with Gasteiger partial charge >= 0.3 is 0 Å². The van der Waals surface area contributed by atoms with E-state index in [0.29, 0.717) is 34.1 Å². The third-order valence-corrected chi connectivity index (χ3v) is 4.01. The van der Waals surface area contributed by atoms with E-state index < -0.39 is 10.8 Å². The fourth-order valence-corrected chi connectivity index (χ4v) is 2.71. The zero-order valence-corrected chi connectivity index (χ0v) is 15.3. The lowest BCUT2D eigenvalue weighted by Crippen LogP contribution is -2.13. The molecule has 28 heavy (non-hydrogen) atoms. The van der Waals surface area contributed by atoms with Gasteiger partial charge in [0, 0.05) is 35.4 Å². The molecule has 0 unspecified atom stereocenters. The molecular weight excluding hydrogens is 368 g/mol. The molecule has 9 heteroatoms. The topological polar surface area (TPSA) is 109 Å². The van der Waals surface area contributed by atoms with Gasteiger partial charge in [0.05, 0.1) is 31.4 Å². The number of hydrogen-bond donors (Lipinski definition) is 1. The minimum absolute atomic E-state index is 0.0405. The Morgan fingerprint density at radius 3 is 2.79 bits per heavy atom. The Kier molecular flexibility index (Phi) is 5.75. The molecule has 1 heterocycles. The van der Waals surface area contributed by atoms with Gasteiger partial charge in [-0.3, -0.25) is 14.9 Å². The lowest BCUT2D eigenvalue weighted by atomic mass is 10.1. The molecule has 0 fully saturated rings. The third-order valence-electron chi connectivity index (χ3n) is 4.01. The monoisotopic (exact) mass is 386 g/mol. The van der Waals surface area contributed by atoms with Crippen molar-refractivity contribution in [1.82, 2.24) is 0 Å². The van der Waals surface area contributed by atoms with Gasteiger partial charge < -0.3 is 24.3 Å². The average molecular weight is 386 g/mol. The molecule has 2 aromatic carbocycles. The quantitative estimate of drug-likeness (QED) is 0.461. The van der Waals surface area contributed by atoms with E-state index in [1.807, 2.05) is 0 Å². The van der Waals surface area contributed by atoms with E-state index in [0.717, 1.165) is 0 Å².